The van der Waals surface area contributed by atoms with Gasteiger partial charge in [0.2, 0.25) is 0 Å². The average molecular weight is 570 g/mol. The third kappa shape index (κ3) is 4.16. The van der Waals surface area contributed by atoms with Gasteiger partial charge in [0.15, 0.2) is 0 Å². The monoisotopic (exact) mass is 570 g/mol. The zero-order chi connectivity index (χ0) is 19.5. The molecule has 0 saturated carbocycles. The van der Waals surface area contributed by atoms with Gasteiger partial charge in [-0.1, -0.05) is 12.1 Å². The normalized spacial score (nSPS) is 12.4. The van der Waals surface area contributed by atoms with Crippen LogP contribution in [-0.2, 0) is 21.1 Å². The Hall–Kier alpha value is -3.31. The molecule has 4 aromatic heterocycles. The molecule has 0 fully saturated rings. The van der Waals surface area contributed by atoms with Gasteiger partial charge in [0.05, 0.1) is 0 Å². The molecule has 5 heterocycles. The second-order valence-corrected chi connectivity index (χ2v) is 6.52. The molecule has 0 aliphatic carbocycles. The molecule has 8 heteroatoms. The summed E-state index contributed by atoms with van der Waals surface area (Å²) in [4.78, 5) is 21.3. The first-order chi connectivity index (χ1) is 14.4. The fourth-order valence-corrected chi connectivity index (χ4v) is 3.17. The molecule has 0 amide bonds. The molecule has 6 nitrogen and oxygen atoms in total. The van der Waals surface area contributed by atoms with E-state index in [1.807, 2.05) is 103 Å². The number of pyridine rings is 4. The minimum absolute atomic E-state index is 0. The van der Waals surface area contributed by atoms with E-state index in [1.54, 1.807) is 12.4 Å². The summed E-state index contributed by atoms with van der Waals surface area (Å²) in [6.45, 7) is 0. The standard InChI is InChI=1S/C22H16BN6.Pt/c1-3-19(15-24-7-1)17-5-9-26-21(13-17)28-11-12-29(23-28)22-14-18(6-10-27-22)20-4-2-8-25-16-20;/h1-16H;. The van der Waals surface area contributed by atoms with Gasteiger partial charge >= 0.3 is 7.55 Å². The second kappa shape index (κ2) is 9.01. The van der Waals surface area contributed by atoms with Crippen LogP contribution in [0.1, 0.15) is 0 Å². The van der Waals surface area contributed by atoms with Gasteiger partial charge in [0, 0.05) is 81.8 Å². The predicted molar refractivity (Wildman–Crippen MR) is 115 cm³/mol. The summed E-state index contributed by atoms with van der Waals surface area (Å²) >= 11 is 0. The Labute approximate surface area is 189 Å². The van der Waals surface area contributed by atoms with E-state index in [4.69, 9.17) is 0 Å². The van der Waals surface area contributed by atoms with Crippen LogP contribution in [0.4, 0.5) is 11.6 Å². The maximum atomic E-state index is 4.51. The van der Waals surface area contributed by atoms with E-state index in [1.165, 1.54) is 0 Å². The molecule has 0 bridgehead atoms. The van der Waals surface area contributed by atoms with Crippen molar-refractivity contribution in [3.8, 4) is 22.3 Å². The van der Waals surface area contributed by atoms with Gasteiger partial charge in [0.1, 0.15) is 11.6 Å². The van der Waals surface area contributed by atoms with Crippen molar-refractivity contribution in [2.45, 2.75) is 0 Å². The molecule has 147 valence electrons. The van der Waals surface area contributed by atoms with Crippen LogP contribution >= 0.6 is 0 Å². The van der Waals surface area contributed by atoms with Crippen molar-refractivity contribution in [3.63, 3.8) is 0 Å². The third-order valence-electron chi connectivity index (χ3n) is 4.65. The summed E-state index contributed by atoms with van der Waals surface area (Å²) in [5, 5.41) is 0. The molecular weight excluding hydrogens is 554 g/mol. The second-order valence-electron chi connectivity index (χ2n) is 6.52. The minimum Gasteiger partial charge on any atom is -0.358 e. The molecule has 1 aliphatic heterocycles. The maximum absolute atomic E-state index is 4.51. The minimum atomic E-state index is 0. The van der Waals surface area contributed by atoms with Crippen molar-refractivity contribution < 1.29 is 21.1 Å². The number of nitrogens with zero attached hydrogens (tertiary/aromatic N) is 6. The number of aromatic nitrogens is 4. The van der Waals surface area contributed by atoms with Gasteiger partial charge in [-0.3, -0.25) is 9.97 Å². The molecular formula is C22H16BN6Pt. The van der Waals surface area contributed by atoms with Gasteiger partial charge in [-0.25, -0.2) is 9.97 Å². The Bertz CT molecular complexity index is 1070. The van der Waals surface area contributed by atoms with Crippen LogP contribution in [-0.4, -0.2) is 27.5 Å². The van der Waals surface area contributed by atoms with Crippen molar-refractivity contribution in [2.75, 3.05) is 9.62 Å². The molecule has 0 saturated heterocycles. The van der Waals surface area contributed by atoms with Crippen LogP contribution in [0, 0.1) is 0 Å². The average Bonchev–Trinajstić information content (AvgIpc) is 3.31. The van der Waals surface area contributed by atoms with Crippen LogP contribution in [0.3, 0.4) is 0 Å². The van der Waals surface area contributed by atoms with E-state index in [0.717, 1.165) is 33.9 Å². The SMILES string of the molecule is [B]1N(c2cc(-c3cccnc3)ccn2)C=CN1c1cc(-c2cccnc2)ccn1.[Pt]. The number of hydrogen-bond donors (Lipinski definition) is 0. The van der Waals surface area contributed by atoms with Crippen LogP contribution in [0.25, 0.3) is 22.3 Å². The van der Waals surface area contributed by atoms with E-state index in [-0.39, 0.29) is 21.1 Å². The van der Waals surface area contributed by atoms with Crippen molar-refractivity contribution >= 4 is 19.2 Å². The van der Waals surface area contributed by atoms with E-state index < -0.39 is 0 Å². The van der Waals surface area contributed by atoms with Gasteiger partial charge < -0.3 is 9.62 Å². The summed E-state index contributed by atoms with van der Waals surface area (Å²) in [5.41, 5.74) is 4.25. The number of hydrogen-bond acceptors (Lipinski definition) is 6. The van der Waals surface area contributed by atoms with Crippen LogP contribution in [0.2, 0.25) is 0 Å². The van der Waals surface area contributed by atoms with Gasteiger partial charge in [-0.05, 0) is 47.5 Å². The predicted octanol–water partition coefficient (Wildman–Crippen LogP) is 3.93. The van der Waals surface area contributed by atoms with Crippen molar-refractivity contribution in [1.82, 2.24) is 19.9 Å². The zero-order valence-corrected chi connectivity index (χ0v) is 18.1. The summed E-state index contributed by atoms with van der Waals surface area (Å²) < 4.78 is 0. The van der Waals surface area contributed by atoms with Crippen molar-refractivity contribution in [1.29, 1.82) is 0 Å². The molecule has 4 aromatic rings. The van der Waals surface area contributed by atoms with E-state index >= 15 is 0 Å². The quantitative estimate of drug-likeness (QED) is 0.347. The van der Waals surface area contributed by atoms with E-state index in [2.05, 4.69) is 19.9 Å². The molecule has 0 unspecified atom stereocenters. The molecule has 0 N–H and O–H groups in total. The zero-order valence-electron chi connectivity index (χ0n) is 15.8. The molecule has 5 rings (SSSR count). The Kier molecular flexibility index (Phi) is 6.00. The maximum Gasteiger partial charge on any atom is 0.402 e. The Morgan fingerprint density at radius 2 is 1.10 bits per heavy atom. The van der Waals surface area contributed by atoms with Crippen molar-refractivity contribution in [2.24, 2.45) is 0 Å². The van der Waals surface area contributed by atoms with Gasteiger partial charge in [0.25, 0.3) is 0 Å². The Morgan fingerprint density at radius 1 is 0.600 bits per heavy atom. The molecule has 0 atom stereocenters. The fourth-order valence-electron chi connectivity index (χ4n) is 3.17. The Balaban J connectivity index is 0.00000218. The third-order valence-corrected chi connectivity index (χ3v) is 4.65. The first-order valence-electron chi connectivity index (χ1n) is 9.20. The molecule has 1 radical (unpaired) electrons. The largest absolute Gasteiger partial charge is 0.402 e. The van der Waals surface area contributed by atoms with E-state index in [0.29, 0.717) is 0 Å². The van der Waals surface area contributed by atoms with Crippen LogP contribution in [0.15, 0.2) is 98.1 Å². The fraction of sp³-hybridized carbons (Fsp3) is 0. The number of anilines is 2. The molecule has 0 aromatic carbocycles. The molecule has 1 aliphatic rings. The summed E-state index contributed by atoms with van der Waals surface area (Å²) in [6.07, 6.45) is 14.8. The number of rotatable bonds is 4. The topological polar surface area (TPSA) is 58.0 Å². The molecule has 0 spiro atoms. The van der Waals surface area contributed by atoms with Crippen LogP contribution in [0.5, 0.6) is 0 Å². The van der Waals surface area contributed by atoms with E-state index in [9.17, 15) is 0 Å². The van der Waals surface area contributed by atoms with Crippen LogP contribution < -0.4 is 9.62 Å². The summed E-state index contributed by atoms with van der Waals surface area (Å²) in [7, 11) is 1.96. The first kappa shape index (κ1) is 20.0. The van der Waals surface area contributed by atoms with Gasteiger partial charge in [-0.15, -0.1) is 0 Å². The molecule has 30 heavy (non-hydrogen) atoms. The van der Waals surface area contributed by atoms with Crippen molar-refractivity contribution in [3.05, 3.63) is 98.1 Å². The van der Waals surface area contributed by atoms with Gasteiger partial charge in [-0.2, -0.15) is 0 Å². The smallest absolute Gasteiger partial charge is 0.358 e. The Morgan fingerprint density at radius 3 is 1.53 bits per heavy atom. The first-order valence-corrected chi connectivity index (χ1v) is 9.20. The summed E-state index contributed by atoms with van der Waals surface area (Å²) in [5.74, 6) is 1.65. The summed E-state index contributed by atoms with van der Waals surface area (Å²) in [6, 6.07) is 16.0.